The van der Waals surface area contributed by atoms with Crippen LogP contribution in [-0.4, -0.2) is 37.1 Å². The van der Waals surface area contributed by atoms with E-state index in [4.69, 9.17) is 0 Å². The van der Waals surface area contributed by atoms with Crippen molar-refractivity contribution in [2.24, 2.45) is 0 Å². The molecule has 4 rings (SSSR count). The van der Waals surface area contributed by atoms with E-state index in [-0.39, 0.29) is 5.41 Å². The van der Waals surface area contributed by atoms with E-state index in [9.17, 15) is 8.42 Å². The van der Waals surface area contributed by atoms with E-state index in [2.05, 4.69) is 29.2 Å². The zero-order valence-corrected chi connectivity index (χ0v) is 14.7. The van der Waals surface area contributed by atoms with Crippen molar-refractivity contribution in [2.45, 2.75) is 31.1 Å². The Morgan fingerprint density at radius 1 is 1.08 bits per heavy atom. The van der Waals surface area contributed by atoms with Crippen LogP contribution in [0.5, 0.6) is 0 Å². The van der Waals surface area contributed by atoms with Crippen LogP contribution in [0.4, 0.5) is 0 Å². The monoisotopic (exact) mass is 342 g/mol. The molecule has 1 fully saturated rings. The van der Waals surface area contributed by atoms with Gasteiger partial charge >= 0.3 is 0 Å². The van der Waals surface area contributed by atoms with E-state index >= 15 is 0 Å². The number of aryl methyl sites for hydroxylation is 1. The SMILES string of the molecule is CS(=O)(=O)N1CCC2(CCc3cc(-c4cccnc4)ccc32)CC1. The average molecular weight is 342 g/mol. The summed E-state index contributed by atoms with van der Waals surface area (Å²) < 4.78 is 25.1. The zero-order chi connectivity index (χ0) is 16.8. The first kappa shape index (κ1) is 15.8. The second kappa shape index (κ2) is 5.67. The first-order valence-corrected chi connectivity index (χ1v) is 10.3. The number of rotatable bonds is 2. The third-order valence-corrected chi connectivity index (χ3v) is 7.00. The fourth-order valence-corrected chi connectivity index (χ4v) is 5.15. The Labute approximate surface area is 143 Å². The maximum absolute atomic E-state index is 11.8. The molecule has 24 heavy (non-hydrogen) atoms. The maximum atomic E-state index is 11.8. The zero-order valence-electron chi connectivity index (χ0n) is 13.9. The molecule has 2 heterocycles. The van der Waals surface area contributed by atoms with E-state index in [1.54, 1.807) is 10.5 Å². The van der Waals surface area contributed by atoms with Crippen LogP contribution in [0.3, 0.4) is 0 Å². The number of hydrogen-bond acceptors (Lipinski definition) is 3. The summed E-state index contributed by atoms with van der Waals surface area (Å²) in [4.78, 5) is 4.21. The van der Waals surface area contributed by atoms with Crippen LogP contribution in [0.15, 0.2) is 42.7 Å². The molecule has 4 nitrogen and oxygen atoms in total. The first-order valence-electron chi connectivity index (χ1n) is 8.47. The Hall–Kier alpha value is -1.72. The van der Waals surface area contributed by atoms with Gasteiger partial charge in [-0.05, 0) is 59.4 Å². The summed E-state index contributed by atoms with van der Waals surface area (Å²) in [5, 5.41) is 0. The summed E-state index contributed by atoms with van der Waals surface area (Å²) in [7, 11) is -3.07. The van der Waals surface area contributed by atoms with Crippen molar-refractivity contribution in [1.29, 1.82) is 0 Å². The summed E-state index contributed by atoms with van der Waals surface area (Å²) in [6.45, 7) is 1.28. The minimum Gasteiger partial charge on any atom is -0.264 e. The third-order valence-electron chi connectivity index (χ3n) is 5.69. The molecule has 0 unspecified atom stereocenters. The maximum Gasteiger partial charge on any atom is 0.211 e. The Morgan fingerprint density at radius 3 is 2.54 bits per heavy atom. The van der Waals surface area contributed by atoms with Gasteiger partial charge in [-0.15, -0.1) is 0 Å². The fraction of sp³-hybridized carbons (Fsp3) is 0.421. The molecule has 0 saturated carbocycles. The summed E-state index contributed by atoms with van der Waals surface area (Å²) in [6, 6.07) is 10.8. The third kappa shape index (κ3) is 2.66. The molecule has 1 aromatic carbocycles. The summed E-state index contributed by atoms with van der Waals surface area (Å²) in [5.74, 6) is 0. The second-order valence-electron chi connectivity index (χ2n) is 7.06. The highest BCUT2D eigenvalue weighted by molar-refractivity contribution is 7.88. The van der Waals surface area contributed by atoms with E-state index in [1.165, 1.54) is 22.9 Å². The van der Waals surface area contributed by atoms with E-state index in [0.717, 1.165) is 31.2 Å². The molecule has 1 aliphatic carbocycles. The molecule has 1 saturated heterocycles. The van der Waals surface area contributed by atoms with Crippen LogP contribution in [0.2, 0.25) is 0 Å². The largest absolute Gasteiger partial charge is 0.264 e. The van der Waals surface area contributed by atoms with Gasteiger partial charge in [-0.1, -0.05) is 24.3 Å². The quantitative estimate of drug-likeness (QED) is 0.843. The molecule has 2 aromatic rings. The highest BCUT2D eigenvalue weighted by atomic mass is 32.2. The number of piperidine rings is 1. The van der Waals surface area contributed by atoms with Gasteiger partial charge in [0.1, 0.15) is 0 Å². The molecule has 0 amide bonds. The summed E-state index contributed by atoms with van der Waals surface area (Å²) in [6.07, 6.45) is 9.09. The van der Waals surface area contributed by atoms with Crippen molar-refractivity contribution in [3.63, 3.8) is 0 Å². The molecular weight excluding hydrogens is 320 g/mol. The highest BCUT2D eigenvalue weighted by Crippen LogP contribution is 2.47. The predicted octanol–water partition coefficient (Wildman–Crippen LogP) is 2.99. The molecule has 0 bridgehead atoms. The van der Waals surface area contributed by atoms with Gasteiger partial charge in [0, 0.05) is 25.5 Å². The van der Waals surface area contributed by atoms with Crippen LogP contribution in [-0.2, 0) is 21.9 Å². The lowest BCUT2D eigenvalue weighted by molar-refractivity contribution is 0.233. The van der Waals surface area contributed by atoms with Crippen molar-refractivity contribution >= 4 is 10.0 Å². The van der Waals surface area contributed by atoms with Gasteiger partial charge in [-0.2, -0.15) is 0 Å². The molecule has 126 valence electrons. The summed E-state index contributed by atoms with van der Waals surface area (Å²) >= 11 is 0. The topological polar surface area (TPSA) is 50.3 Å². The molecule has 0 radical (unpaired) electrons. The standard InChI is InChI=1S/C19H22N2O2S/c1-24(22,23)21-11-8-19(9-12-21)7-6-16-13-15(4-5-18(16)19)17-3-2-10-20-14-17/h2-5,10,13-14H,6-9,11-12H2,1H3. The van der Waals surface area contributed by atoms with Crippen LogP contribution >= 0.6 is 0 Å². The molecular formula is C19H22N2O2S. The Bertz CT molecular complexity index is 854. The Balaban J connectivity index is 1.62. The van der Waals surface area contributed by atoms with Crippen LogP contribution in [0, 0.1) is 0 Å². The van der Waals surface area contributed by atoms with Crippen molar-refractivity contribution in [3.8, 4) is 11.1 Å². The van der Waals surface area contributed by atoms with E-state index < -0.39 is 10.0 Å². The van der Waals surface area contributed by atoms with E-state index in [0.29, 0.717) is 13.1 Å². The summed E-state index contributed by atoms with van der Waals surface area (Å²) in [5.41, 5.74) is 5.39. The average Bonchev–Trinajstić information content (AvgIpc) is 2.93. The number of benzene rings is 1. The van der Waals surface area contributed by atoms with Gasteiger partial charge in [0.05, 0.1) is 6.26 Å². The molecule has 0 atom stereocenters. The van der Waals surface area contributed by atoms with Crippen LogP contribution in [0.1, 0.15) is 30.4 Å². The lowest BCUT2D eigenvalue weighted by Crippen LogP contribution is -2.43. The Morgan fingerprint density at radius 2 is 1.88 bits per heavy atom. The molecule has 2 aliphatic rings. The Kier molecular flexibility index (Phi) is 3.73. The van der Waals surface area contributed by atoms with Gasteiger partial charge in [0.2, 0.25) is 10.0 Å². The van der Waals surface area contributed by atoms with Crippen molar-refractivity contribution < 1.29 is 8.42 Å². The predicted molar refractivity (Wildman–Crippen MR) is 95.3 cm³/mol. The van der Waals surface area contributed by atoms with Crippen LogP contribution in [0.25, 0.3) is 11.1 Å². The van der Waals surface area contributed by atoms with Crippen molar-refractivity contribution in [3.05, 3.63) is 53.9 Å². The molecule has 1 aliphatic heterocycles. The number of nitrogens with zero attached hydrogens (tertiary/aromatic N) is 2. The minimum atomic E-state index is -3.07. The lowest BCUT2D eigenvalue weighted by atomic mass is 9.74. The van der Waals surface area contributed by atoms with Gasteiger partial charge < -0.3 is 0 Å². The number of pyridine rings is 1. The molecule has 0 N–H and O–H groups in total. The van der Waals surface area contributed by atoms with Gasteiger partial charge in [-0.25, -0.2) is 12.7 Å². The van der Waals surface area contributed by atoms with Gasteiger partial charge in [-0.3, -0.25) is 4.98 Å². The van der Waals surface area contributed by atoms with Gasteiger partial charge in [0.15, 0.2) is 0 Å². The molecule has 1 spiro atoms. The minimum absolute atomic E-state index is 0.171. The van der Waals surface area contributed by atoms with E-state index in [1.807, 2.05) is 12.3 Å². The lowest BCUT2D eigenvalue weighted by Gasteiger charge is -2.39. The van der Waals surface area contributed by atoms with Crippen molar-refractivity contribution in [1.82, 2.24) is 9.29 Å². The number of sulfonamides is 1. The molecule has 1 aromatic heterocycles. The number of hydrogen-bond donors (Lipinski definition) is 0. The second-order valence-corrected chi connectivity index (χ2v) is 9.04. The number of fused-ring (bicyclic) bond motifs is 2. The molecule has 5 heteroatoms. The van der Waals surface area contributed by atoms with Crippen LogP contribution < -0.4 is 0 Å². The fourth-order valence-electron chi connectivity index (χ4n) is 4.30. The first-order chi connectivity index (χ1) is 11.5. The number of aromatic nitrogens is 1. The smallest absolute Gasteiger partial charge is 0.211 e. The van der Waals surface area contributed by atoms with Crippen molar-refractivity contribution in [2.75, 3.05) is 19.3 Å². The van der Waals surface area contributed by atoms with Gasteiger partial charge in [0.25, 0.3) is 0 Å². The normalized spacial score (nSPS) is 20.2. The highest BCUT2D eigenvalue weighted by Gasteiger charge is 2.42.